The minimum absolute atomic E-state index is 0.0242. The molecule has 0 bridgehead atoms. The second-order valence-corrected chi connectivity index (χ2v) is 8.91. The largest absolute Gasteiger partial charge is 0.338 e. The molecule has 27 heavy (non-hydrogen) atoms. The Balaban J connectivity index is 1.29. The molecule has 0 saturated carbocycles. The van der Waals surface area contributed by atoms with Gasteiger partial charge in [-0.1, -0.05) is 6.42 Å². The zero-order valence-corrected chi connectivity index (χ0v) is 16.9. The summed E-state index contributed by atoms with van der Waals surface area (Å²) in [7, 11) is 2.02. The van der Waals surface area contributed by atoms with Crippen molar-refractivity contribution in [3.63, 3.8) is 0 Å². The van der Waals surface area contributed by atoms with Crippen molar-refractivity contribution in [3.8, 4) is 0 Å². The second-order valence-electron chi connectivity index (χ2n) is 7.83. The number of nitrogens with one attached hydrogen (secondary N) is 1. The van der Waals surface area contributed by atoms with E-state index in [2.05, 4.69) is 15.2 Å². The molecule has 1 atom stereocenters. The lowest BCUT2D eigenvalue weighted by atomic mass is 10.2. The lowest BCUT2D eigenvalue weighted by Gasteiger charge is -2.36. The van der Waals surface area contributed by atoms with E-state index in [9.17, 15) is 9.59 Å². The number of carbonyl (C=O) groups is 2. The minimum Gasteiger partial charge on any atom is -0.338 e. The van der Waals surface area contributed by atoms with Crippen molar-refractivity contribution in [2.45, 2.75) is 51.0 Å². The molecule has 1 aromatic rings. The van der Waals surface area contributed by atoms with Crippen LogP contribution in [-0.4, -0.2) is 77.4 Å². The molecule has 1 N–H and O–H groups in total. The first-order valence-electron chi connectivity index (χ1n) is 10.2. The average molecular weight is 392 g/mol. The third-order valence-corrected chi connectivity index (χ3v) is 7.07. The summed E-state index contributed by atoms with van der Waals surface area (Å²) in [6.45, 7) is 3.39. The highest BCUT2D eigenvalue weighted by atomic mass is 32.1. The normalized spacial score (nSPS) is 23.8. The molecule has 3 amide bonds. The van der Waals surface area contributed by atoms with E-state index < -0.39 is 0 Å². The van der Waals surface area contributed by atoms with Gasteiger partial charge in [0.05, 0.1) is 11.7 Å². The smallest absolute Gasteiger partial charge is 0.323 e. The number of nitrogens with zero attached hydrogens (tertiary/aromatic N) is 4. The molecule has 0 radical (unpaired) electrons. The maximum atomic E-state index is 12.7. The molecule has 0 spiro atoms. The van der Waals surface area contributed by atoms with Gasteiger partial charge >= 0.3 is 6.03 Å². The summed E-state index contributed by atoms with van der Waals surface area (Å²) >= 11 is 1.62. The van der Waals surface area contributed by atoms with Gasteiger partial charge in [-0.2, -0.15) is 0 Å². The monoisotopic (exact) mass is 391 g/mol. The van der Waals surface area contributed by atoms with Gasteiger partial charge in [-0.3, -0.25) is 15.0 Å². The van der Waals surface area contributed by atoms with Gasteiger partial charge in [0, 0.05) is 31.1 Å². The zero-order chi connectivity index (χ0) is 18.8. The molecule has 148 valence electrons. The Morgan fingerprint density at radius 1 is 1.00 bits per heavy atom. The second kappa shape index (κ2) is 8.14. The van der Waals surface area contributed by atoms with Crippen molar-refractivity contribution in [3.05, 3.63) is 10.6 Å². The molecule has 2 saturated heterocycles. The maximum Gasteiger partial charge on any atom is 0.323 e. The predicted molar refractivity (Wildman–Crippen MR) is 106 cm³/mol. The van der Waals surface area contributed by atoms with Gasteiger partial charge in [0.1, 0.15) is 0 Å². The molecule has 7 nitrogen and oxygen atoms in total. The number of hydrogen-bond donors (Lipinski definition) is 1. The molecule has 2 aliphatic heterocycles. The topological polar surface area (TPSA) is 68.8 Å². The third-order valence-electron chi connectivity index (χ3n) is 5.99. The molecule has 1 aromatic heterocycles. The lowest BCUT2D eigenvalue weighted by Crippen LogP contribution is -2.55. The number of amides is 3. The van der Waals surface area contributed by atoms with Crippen molar-refractivity contribution in [1.82, 2.24) is 19.7 Å². The highest BCUT2D eigenvalue weighted by molar-refractivity contribution is 7.15. The Morgan fingerprint density at radius 2 is 1.74 bits per heavy atom. The Hall–Kier alpha value is -1.67. The number of aromatic nitrogens is 1. The molecule has 1 aliphatic carbocycles. The summed E-state index contributed by atoms with van der Waals surface area (Å²) in [5, 5.41) is 3.70. The third kappa shape index (κ3) is 4.11. The molecule has 0 aromatic carbocycles. The first kappa shape index (κ1) is 18.7. The number of aryl methyl sites for hydroxylation is 2. The number of rotatable bonds is 2. The van der Waals surface area contributed by atoms with Crippen LogP contribution >= 0.6 is 11.3 Å². The number of hydrogen-bond acceptors (Lipinski definition) is 5. The number of anilines is 1. The SMILES string of the molecule is CN1CCCC1C(=O)N1CCN(C(=O)Nc2nc3c(s2)CCCCC3)CC1. The van der Waals surface area contributed by atoms with E-state index in [0.717, 1.165) is 37.4 Å². The van der Waals surface area contributed by atoms with Crippen molar-refractivity contribution in [1.29, 1.82) is 0 Å². The Kier molecular flexibility index (Phi) is 5.63. The van der Waals surface area contributed by atoms with E-state index in [1.165, 1.54) is 29.8 Å². The fourth-order valence-corrected chi connectivity index (χ4v) is 5.36. The number of carbonyl (C=O) groups excluding carboxylic acids is 2. The van der Waals surface area contributed by atoms with Gasteiger partial charge in [0.15, 0.2) is 5.13 Å². The highest BCUT2D eigenvalue weighted by Crippen LogP contribution is 2.29. The predicted octanol–water partition coefficient (Wildman–Crippen LogP) is 2.18. The summed E-state index contributed by atoms with van der Waals surface area (Å²) in [5.74, 6) is 0.221. The van der Waals surface area contributed by atoms with Crippen molar-refractivity contribution >= 4 is 28.4 Å². The number of urea groups is 1. The first-order chi connectivity index (χ1) is 13.1. The van der Waals surface area contributed by atoms with Crippen LogP contribution in [0.5, 0.6) is 0 Å². The van der Waals surface area contributed by atoms with Gasteiger partial charge in [0.25, 0.3) is 0 Å². The first-order valence-corrected chi connectivity index (χ1v) is 11.0. The Morgan fingerprint density at radius 3 is 2.48 bits per heavy atom. The maximum absolute atomic E-state index is 12.7. The fraction of sp³-hybridized carbons (Fsp3) is 0.737. The summed E-state index contributed by atoms with van der Waals surface area (Å²) in [6, 6.07) is -0.0694. The van der Waals surface area contributed by atoms with E-state index >= 15 is 0 Å². The quantitative estimate of drug-likeness (QED) is 0.785. The van der Waals surface area contributed by atoms with Crippen molar-refractivity contribution in [2.75, 3.05) is 45.1 Å². The zero-order valence-electron chi connectivity index (χ0n) is 16.1. The van der Waals surface area contributed by atoms with Crippen LogP contribution in [0.2, 0.25) is 0 Å². The van der Waals surface area contributed by atoms with E-state index in [-0.39, 0.29) is 18.0 Å². The van der Waals surface area contributed by atoms with Crippen LogP contribution in [0.4, 0.5) is 9.93 Å². The minimum atomic E-state index is -0.0935. The molecular formula is C19H29N5O2S. The van der Waals surface area contributed by atoms with Crippen LogP contribution in [0, 0.1) is 0 Å². The molecule has 2 fully saturated rings. The average Bonchev–Trinajstić information content (AvgIpc) is 3.20. The van der Waals surface area contributed by atoms with Crippen LogP contribution in [0.3, 0.4) is 0 Å². The van der Waals surface area contributed by atoms with E-state index in [1.54, 1.807) is 16.2 Å². The highest BCUT2D eigenvalue weighted by Gasteiger charge is 2.33. The Bertz CT molecular complexity index is 675. The molecule has 4 rings (SSSR count). The summed E-state index contributed by atoms with van der Waals surface area (Å²) in [5.41, 5.74) is 1.17. The fourth-order valence-electron chi connectivity index (χ4n) is 4.32. The number of likely N-dealkylation sites (N-methyl/N-ethyl adjacent to an activating group) is 1. The molecule has 3 aliphatic rings. The standard InChI is InChI=1S/C19H29N5O2S/c1-22-9-5-7-15(22)17(25)23-10-12-24(13-11-23)19(26)21-18-20-14-6-3-2-4-8-16(14)27-18/h15H,2-13H2,1H3,(H,20,21,26). The summed E-state index contributed by atoms with van der Waals surface area (Å²) in [6.07, 6.45) is 7.82. The molecule has 1 unspecified atom stereocenters. The van der Waals surface area contributed by atoms with E-state index in [0.29, 0.717) is 26.2 Å². The number of fused-ring (bicyclic) bond motifs is 1. The van der Waals surface area contributed by atoms with E-state index in [4.69, 9.17) is 0 Å². The van der Waals surface area contributed by atoms with Gasteiger partial charge < -0.3 is 9.80 Å². The van der Waals surface area contributed by atoms with Crippen LogP contribution in [0.15, 0.2) is 0 Å². The number of likely N-dealkylation sites (tertiary alicyclic amines) is 1. The van der Waals surface area contributed by atoms with Gasteiger partial charge in [-0.05, 0) is 52.1 Å². The van der Waals surface area contributed by atoms with Crippen molar-refractivity contribution in [2.24, 2.45) is 0 Å². The Labute approximate surface area is 164 Å². The van der Waals surface area contributed by atoms with E-state index in [1.807, 2.05) is 11.9 Å². The lowest BCUT2D eigenvalue weighted by molar-refractivity contribution is -0.136. The molecular weight excluding hydrogens is 362 g/mol. The van der Waals surface area contributed by atoms with Gasteiger partial charge in [0.2, 0.25) is 5.91 Å². The summed E-state index contributed by atoms with van der Waals surface area (Å²) in [4.78, 5) is 37.1. The van der Waals surface area contributed by atoms with Crippen LogP contribution < -0.4 is 5.32 Å². The summed E-state index contributed by atoms with van der Waals surface area (Å²) < 4.78 is 0. The molecule has 8 heteroatoms. The van der Waals surface area contributed by atoms with Gasteiger partial charge in [-0.15, -0.1) is 11.3 Å². The van der Waals surface area contributed by atoms with Crippen LogP contribution in [-0.2, 0) is 17.6 Å². The van der Waals surface area contributed by atoms with Gasteiger partial charge in [-0.25, -0.2) is 9.78 Å². The van der Waals surface area contributed by atoms with Crippen LogP contribution in [0.1, 0.15) is 42.7 Å². The van der Waals surface area contributed by atoms with Crippen LogP contribution in [0.25, 0.3) is 0 Å². The number of thiazole rings is 1. The van der Waals surface area contributed by atoms with Crippen molar-refractivity contribution < 1.29 is 9.59 Å². The molecule has 3 heterocycles. The number of piperazine rings is 1.